The van der Waals surface area contributed by atoms with E-state index in [1.54, 1.807) is 6.08 Å². The van der Waals surface area contributed by atoms with E-state index < -0.39 is 6.36 Å². The van der Waals surface area contributed by atoms with E-state index in [1.807, 2.05) is 11.0 Å². The van der Waals surface area contributed by atoms with E-state index in [0.717, 1.165) is 30.2 Å². The summed E-state index contributed by atoms with van der Waals surface area (Å²) in [5.74, 6) is 3.36. The highest BCUT2D eigenvalue weighted by molar-refractivity contribution is 8.26. The molecular formula is C30H32F3NO4S2. The number of hydrogen-bond acceptors (Lipinski definition) is 6. The number of aliphatic hydroxyl groups is 1. The predicted molar refractivity (Wildman–Crippen MR) is 151 cm³/mol. The fourth-order valence-corrected chi connectivity index (χ4v) is 8.82. The number of ether oxygens (including phenoxy) is 1. The van der Waals surface area contributed by atoms with Crippen molar-refractivity contribution in [3.8, 4) is 17.1 Å². The van der Waals surface area contributed by atoms with E-state index in [4.69, 9.17) is 21.7 Å². The van der Waals surface area contributed by atoms with Gasteiger partial charge in [0.25, 0.3) is 5.91 Å². The summed E-state index contributed by atoms with van der Waals surface area (Å²) in [7, 11) is 0. The van der Waals surface area contributed by atoms with Crippen molar-refractivity contribution < 1.29 is 32.2 Å². The molecule has 4 saturated carbocycles. The number of amides is 1. The van der Waals surface area contributed by atoms with E-state index in [-0.39, 0.29) is 24.3 Å². The molecule has 1 aliphatic heterocycles. The lowest BCUT2D eigenvalue weighted by Gasteiger charge is -2.56. The summed E-state index contributed by atoms with van der Waals surface area (Å²) in [5, 5.41) is 9.15. The van der Waals surface area contributed by atoms with Gasteiger partial charge in [0.15, 0.2) is 0 Å². The molecule has 5 fully saturated rings. The number of aryl methyl sites for hydroxylation is 1. The summed E-state index contributed by atoms with van der Waals surface area (Å²) in [5.41, 5.74) is 1.51. The number of carbonyl (C=O) groups excluding carboxylic acids is 1. The Morgan fingerprint density at radius 3 is 2.35 bits per heavy atom. The zero-order valence-electron chi connectivity index (χ0n) is 22.0. The molecule has 4 aliphatic carbocycles. The van der Waals surface area contributed by atoms with E-state index >= 15 is 0 Å². The SMILES string of the molecule is O=C1C(=Cc2oc(-c3ccc(OC(F)(F)F)cc3)cc2CCCCCO)SC(=S)N1C1C2CC3CC(C2)CC1C3. The smallest absolute Gasteiger partial charge is 0.456 e. The maximum absolute atomic E-state index is 13.8. The van der Waals surface area contributed by atoms with Crippen molar-refractivity contribution in [2.45, 2.75) is 70.2 Å². The number of furan rings is 1. The Balaban J connectivity index is 1.25. The Labute approximate surface area is 241 Å². The lowest BCUT2D eigenvalue weighted by atomic mass is 9.54. The maximum Gasteiger partial charge on any atom is 0.573 e. The van der Waals surface area contributed by atoms with E-state index in [0.29, 0.717) is 51.0 Å². The first-order chi connectivity index (χ1) is 19.2. The molecule has 10 heteroatoms. The summed E-state index contributed by atoms with van der Waals surface area (Å²) in [6, 6.07) is 7.61. The highest BCUT2D eigenvalue weighted by Crippen LogP contribution is 2.56. The Kier molecular flexibility index (Phi) is 7.78. The molecule has 5 aliphatic rings. The molecule has 0 spiro atoms. The largest absolute Gasteiger partial charge is 0.573 e. The first kappa shape index (κ1) is 27.8. The van der Waals surface area contributed by atoms with Crippen LogP contribution in [0.5, 0.6) is 5.75 Å². The number of hydrogen-bond donors (Lipinski definition) is 1. The minimum absolute atomic E-state index is 0.0506. The molecule has 7 rings (SSSR count). The molecule has 1 aromatic carbocycles. The van der Waals surface area contributed by atoms with Gasteiger partial charge in [-0.15, -0.1) is 13.2 Å². The van der Waals surface area contributed by atoms with Crippen LogP contribution in [-0.4, -0.2) is 39.2 Å². The Hall–Kier alpha value is -2.30. The lowest BCUT2D eigenvalue weighted by Crippen LogP contribution is -2.57. The van der Waals surface area contributed by atoms with Crippen molar-refractivity contribution in [3.63, 3.8) is 0 Å². The molecule has 0 atom stereocenters. The second kappa shape index (κ2) is 11.2. The summed E-state index contributed by atoms with van der Waals surface area (Å²) < 4.78 is 48.5. The fourth-order valence-electron chi connectivity index (χ4n) is 7.50. The third-order valence-electron chi connectivity index (χ3n) is 8.88. The highest BCUT2D eigenvalue weighted by Gasteiger charge is 2.53. The van der Waals surface area contributed by atoms with Gasteiger partial charge in [-0.3, -0.25) is 9.69 Å². The molecule has 1 N–H and O–H groups in total. The molecule has 1 amide bonds. The standard InChI is InChI=1S/C30H32F3NO4S2/c31-30(32,33)38-23-7-5-19(6-8-23)24-15-20(4-2-1-3-9-35)25(37-24)16-26-28(36)34(29(39)40-26)27-21-11-17-10-18(13-21)14-22(27)12-17/h5-8,15-18,21-22,27,35H,1-4,9-14H2. The minimum Gasteiger partial charge on any atom is -0.456 e. The summed E-state index contributed by atoms with van der Waals surface area (Å²) in [6.45, 7) is 0.128. The second-order valence-electron chi connectivity index (χ2n) is 11.6. The number of thiocarbonyl (C=S) groups is 1. The van der Waals surface area contributed by atoms with Crippen LogP contribution >= 0.6 is 24.0 Å². The van der Waals surface area contributed by atoms with Gasteiger partial charge in [-0.1, -0.05) is 30.4 Å². The molecule has 1 aromatic heterocycles. The summed E-state index contributed by atoms with van der Waals surface area (Å²) in [6.07, 6.45) is 6.19. The van der Waals surface area contributed by atoms with Crippen LogP contribution in [0.3, 0.4) is 0 Å². The fraction of sp³-hybridized carbons (Fsp3) is 0.533. The average Bonchev–Trinajstić information content (AvgIpc) is 3.41. The van der Waals surface area contributed by atoms with Gasteiger partial charge in [0.2, 0.25) is 0 Å². The van der Waals surface area contributed by atoms with Crippen LogP contribution in [0.4, 0.5) is 13.2 Å². The third-order valence-corrected chi connectivity index (χ3v) is 10.2. The van der Waals surface area contributed by atoms with Gasteiger partial charge in [-0.05, 0) is 111 Å². The number of carbonyl (C=O) groups is 1. The van der Waals surface area contributed by atoms with Crippen molar-refractivity contribution >= 4 is 40.3 Å². The Morgan fingerprint density at radius 2 is 1.73 bits per heavy atom. The molecule has 4 bridgehead atoms. The van der Waals surface area contributed by atoms with Gasteiger partial charge < -0.3 is 14.3 Å². The van der Waals surface area contributed by atoms with Crippen molar-refractivity contribution in [1.82, 2.24) is 4.90 Å². The Bertz CT molecular complexity index is 1280. The minimum atomic E-state index is -4.76. The topological polar surface area (TPSA) is 62.9 Å². The van der Waals surface area contributed by atoms with E-state index in [2.05, 4.69) is 4.74 Å². The van der Waals surface area contributed by atoms with Crippen molar-refractivity contribution in [3.05, 3.63) is 46.6 Å². The maximum atomic E-state index is 13.8. The third kappa shape index (κ3) is 5.72. The number of halogens is 3. The molecule has 2 heterocycles. The quantitative estimate of drug-likeness (QED) is 0.184. The van der Waals surface area contributed by atoms with Gasteiger partial charge in [0.1, 0.15) is 21.6 Å². The number of alkyl halides is 3. The summed E-state index contributed by atoms with van der Waals surface area (Å²) in [4.78, 5) is 16.2. The van der Waals surface area contributed by atoms with Crippen LogP contribution in [0.15, 0.2) is 39.7 Å². The lowest BCUT2D eigenvalue weighted by molar-refractivity contribution is -0.274. The van der Waals surface area contributed by atoms with Gasteiger partial charge in [0, 0.05) is 24.3 Å². The zero-order chi connectivity index (χ0) is 28.0. The number of nitrogens with zero attached hydrogens (tertiary/aromatic N) is 1. The second-order valence-corrected chi connectivity index (χ2v) is 13.3. The number of benzene rings is 1. The summed E-state index contributed by atoms with van der Waals surface area (Å²) >= 11 is 7.08. The molecular weight excluding hydrogens is 559 g/mol. The molecule has 40 heavy (non-hydrogen) atoms. The van der Waals surface area contributed by atoms with Gasteiger partial charge in [-0.2, -0.15) is 0 Å². The van der Waals surface area contributed by atoms with Crippen molar-refractivity contribution in [1.29, 1.82) is 0 Å². The van der Waals surface area contributed by atoms with E-state index in [9.17, 15) is 18.0 Å². The normalized spacial score (nSPS) is 28.8. The molecule has 0 radical (unpaired) electrons. The van der Waals surface area contributed by atoms with Crippen LogP contribution in [0.25, 0.3) is 17.4 Å². The monoisotopic (exact) mass is 591 g/mol. The first-order valence-corrected chi connectivity index (χ1v) is 15.3. The van der Waals surface area contributed by atoms with E-state index in [1.165, 1.54) is 68.1 Å². The van der Waals surface area contributed by atoms with Gasteiger partial charge in [-0.25, -0.2) is 0 Å². The molecule has 2 aromatic rings. The molecule has 0 unspecified atom stereocenters. The van der Waals surface area contributed by atoms with Gasteiger partial charge >= 0.3 is 6.36 Å². The number of thioether (sulfide) groups is 1. The number of rotatable bonds is 9. The van der Waals surface area contributed by atoms with Crippen LogP contribution in [-0.2, 0) is 11.2 Å². The Morgan fingerprint density at radius 1 is 1.05 bits per heavy atom. The zero-order valence-corrected chi connectivity index (χ0v) is 23.6. The number of unbranched alkanes of at least 4 members (excludes halogenated alkanes) is 2. The highest BCUT2D eigenvalue weighted by atomic mass is 32.2. The molecule has 1 saturated heterocycles. The molecule has 5 nitrogen and oxygen atoms in total. The van der Waals surface area contributed by atoms with Crippen molar-refractivity contribution in [2.24, 2.45) is 23.7 Å². The average molecular weight is 592 g/mol. The van der Waals surface area contributed by atoms with Crippen LogP contribution < -0.4 is 4.74 Å². The van der Waals surface area contributed by atoms with Crippen LogP contribution in [0.1, 0.15) is 62.7 Å². The van der Waals surface area contributed by atoms with Crippen LogP contribution in [0.2, 0.25) is 0 Å². The first-order valence-electron chi connectivity index (χ1n) is 14.1. The molecule has 214 valence electrons. The van der Waals surface area contributed by atoms with Gasteiger partial charge in [0.05, 0.1) is 4.91 Å². The van der Waals surface area contributed by atoms with Crippen LogP contribution in [0, 0.1) is 23.7 Å². The number of aliphatic hydroxyl groups excluding tert-OH is 1. The predicted octanol–water partition coefficient (Wildman–Crippen LogP) is 7.58. The van der Waals surface area contributed by atoms with Crippen molar-refractivity contribution in [2.75, 3.05) is 6.61 Å².